The number of Topliss-reactive ketones (excluding diaryl/α,β-unsaturated/α-hetero) is 2. The summed E-state index contributed by atoms with van der Waals surface area (Å²) >= 11 is 3.51. The third-order valence-corrected chi connectivity index (χ3v) is 16.8. The Morgan fingerprint density at radius 1 is 0.638 bits per heavy atom. The van der Waals surface area contributed by atoms with Gasteiger partial charge in [0.15, 0.2) is 16.9 Å². The molecule has 5 aliphatic rings. The van der Waals surface area contributed by atoms with E-state index in [0.29, 0.717) is 33.9 Å². The molecule has 0 amide bonds. The largest absolute Gasteiger partial charge is 0.293 e. The molecule has 0 bridgehead atoms. The fourth-order valence-electron chi connectivity index (χ4n) is 11.8. The van der Waals surface area contributed by atoms with E-state index in [1.165, 1.54) is 49.7 Å². The van der Waals surface area contributed by atoms with E-state index in [0.717, 1.165) is 77.9 Å². The summed E-state index contributed by atoms with van der Waals surface area (Å²) in [6.45, 7) is 4.51. The van der Waals surface area contributed by atoms with Gasteiger partial charge in [-0.25, -0.2) is 4.99 Å². The van der Waals surface area contributed by atoms with Gasteiger partial charge in [-0.1, -0.05) is 105 Å². The third-order valence-electron chi connectivity index (χ3n) is 14.5. The lowest BCUT2D eigenvalue weighted by Gasteiger charge is -2.42. The molecule has 0 unspecified atom stereocenters. The molecule has 2 spiro atoms. The molecule has 5 nitrogen and oxygen atoms in total. The molecule has 2 heterocycles. The number of rotatable bonds is 4. The van der Waals surface area contributed by atoms with Crippen LogP contribution < -0.4 is 16.2 Å². The van der Waals surface area contributed by atoms with Crippen LogP contribution in [0.3, 0.4) is 0 Å². The highest BCUT2D eigenvalue weighted by molar-refractivity contribution is 7.25. The maximum atomic E-state index is 14.0. The van der Waals surface area contributed by atoms with Crippen LogP contribution in [0.2, 0.25) is 0 Å². The SMILES string of the molecule is C=C(CC1=Cc2sc3c(c2C12CCCCC2)C1(CCCCC1)c1cc(N=c2c(=O)c4cc5ccccc5cc4c2=O)sc1-3)C1C(=O)c2cc3ccccc3cc2C1=O. The molecule has 2 aromatic heterocycles. The molecule has 0 aliphatic heterocycles. The highest BCUT2D eigenvalue weighted by atomic mass is 32.1. The van der Waals surface area contributed by atoms with Crippen molar-refractivity contribution in [2.45, 2.75) is 81.5 Å². The van der Waals surface area contributed by atoms with Gasteiger partial charge in [0.1, 0.15) is 10.9 Å². The quantitative estimate of drug-likeness (QED) is 0.131. The van der Waals surface area contributed by atoms with Crippen LogP contribution in [0, 0.1) is 5.92 Å². The number of benzene rings is 4. The van der Waals surface area contributed by atoms with Crippen LogP contribution in [0.5, 0.6) is 0 Å². The molecule has 2 saturated carbocycles. The fraction of sp³-hybridized carbons (Fsp3) is 0.275. The van der Waals surface area contributed by atoms with Gasteiger partial charge in [0, 0.05) is 42.5 Å². The Balaban J connectivity index is 0.953. The van der Waals surface area contributed by atoms with Crippen molar-refractivity contribution in [3.63, 3.8) is 0 Å². The van der Waals surface area contributed by atoms with Gasteiger partial charge in [0.05, 0.1) is 4.88 Å². The summed E-state index contributed by atoms with van der Waals surface area (Å²) in [5.74, 6) is -1.09. The van der Waals surface area contributed by atoms with E-state index in [1.54, 1.807) is 11.3 Å². The highest BCUT2D eigenvalue weighted by Crippen LogP contribution is 2.68. The molecule has 7 aromatic rings. The summed E-state index contributed by atoms with van der Waals surface area (Å²) in [7, 11) is 0. The van der Waals surface area contributed by atoms with Gasteiger partial charge in [-0.2, -0.15) is 0 Å². The normalized spacial score (nSPS) is 19.0. The van der Waals surface area contributed by atoms with Gasteiger partial charge in [0.25, 0.3) is 0 Å². The number of hydrogen-bond donors (Lipinski definition) is 0. The van der Waals surface area contributed by atoms with Crippen molar-refractivity contribution in [2.75, 3.05) is 0 Å². The first-order chi connectivity index (χ1) is 28.3. The lowest BCUT2D eigenvalue weighted by Crippen LogP contribution is -2.35. The minimum absolute atomic E-state index is 0.0152. The van der Waals surface area contributed by atoms with E-state index < -0.39 is 5.92 Å². The second kappa shape index (κ2) is 12.3. The summed E-state index contributed by atoms with van der Waals surface area (Å²) in [5.41, 5.74) is 6.52. The number of nitrogens with zero attached hydrogens (tertiary/aromatic N) is 1. The molecule has 58 heavy (non-hydrogen) atoms. The van der Waals surface area contributed by atoms with Gasteiger partial charge in [-0.3, -0.25) is 19.2 Å². The van der Waals surface area contributed by atoms with Gasteiger partial charge in [-0.15, -0.1) is 22.7 Å². The molecule has 0 atom stereocenters. The van der Waals surface area contributed by atoms with Gasteiger partial charge >= 0.3 is 0 Å². The first-order valence-electron chi connectivity index (χ1n) is 20.8. The molecule has 0 radical (unpaired) electrons. The maximum absolute atomic E-state index is 14.0. The second-order valence-corrected chi connectivity index (χ2v) is 19.5. The predicted molar refractivity (Wildman–Crippen MR) is 236 cm³/mol. The van der Waals surface area contributed by atoms with Crippen LogP contribution in [0.4, 0.5) is 5.00 Å². The van der Waals surface area contributed by atoms with Crippen molar-refractivity contribution in [1.82, 2.24) is 0 Å². The zero-order chi connectivity index (χ0) is 39.1. The van der Waals surface area contributed by atoms with Crippen molar-refractivity contribution >= 4 is 77.6 Å². The Morgan fingerprint density at radius 2 is 1.17 bits per heavy atom. The standard InChI is InChI=1S/C51H39NO4S2/c1-27(40-44(53)33-21-28-12-4-5-13-29(28)22-34(33)45(40)54)20-32-25-38-41(50(32)16-8-2-9-17-50)42-49(57-38)48-37(51(42)18-10-3-11-19-51)26-39(58-48)52-43-46(55)35-23-30-14-6-7-15-31(30)24-36(35)47(43)56/h4-7,12-15,21-26,40H,1-3,8-11,16-20H2. The van der Waals surface area contributed by atoms with Crippen LogP contribution in [0.1, 0.15) is 113 Å². The van der Waals surface area contributed by atoms with Crippen LogP contribution >= 0.6 is 22.7 Å². The van der Waals surface area contributed by atoms with Gasteiger partial charge < -0.3 is 0 Å². The average molecular weight is 794 g/mol. The Morgan fingerprint density at radius 3 is 1.74 bits per heavy atom. The number of thiophene rings is 2. The van der Waals surface area contributed by atoms with Crippen molar-refractivity contribution < 1.29 is 9.59 Å². The number of carbonyl (C=O) groups is 2. The Hall–Kier alpha value is -5.37. The predicted octanol–water partition coefficient (Wildman–Crippen LogP) is 11.6. The summed E-state index contributed by atoms with van der Waals surface area (Å²) < 4.78 is 0. The summed E-state index contributed by atoms with van der Waals surface area (Å²) in [4.78, 5) is 64.2. The number of carbonyl (C=O) groups excluding carboxylic acids is 2. The molecule has 0 N–H and O–H groups in total. The van der Waals surface area contributed by atoms with E-state index in [9.17, 15) is 19.2 Å². The minimum atomic E-state index is -0.847. The summed E-state index contributed by atoms with van der Waals surface area (Å²) in [5, 5.41) is 5.43. The molecular weight excluding hydrogens is 755 g/mol. The minimum Gasteiger partial charge on any atom is -0.293 e. The molecule has 0 saturated heterocycles. The molecular formula is C51H39NO4S2. The van der Waals surface area contributed by atoms with Crippen molar-refractivity contribution in [3.8, 4) is 9.75 Å². The molecule has 5 aliphatic carbocycles. The fourth-order valence-corrected chi connectivity index (χ4v) is 14.5. The van der Waals surface area contributed by atoms with Gasteiger partial charge in [0.2, 0.25) is 10.9 Å². The van der Waals surface area contributed by atoms with E-state index in [4.69, 9.17) is 4.99 Å². The zero-order valence-electron chi connectivity index (χ0n) is 32.0. The lowest BCUT2D eigenvalue weighted by molar-refractivity contribution is 0.0862. The average Bonchev–Trinajstić information content (AvgIpc) is 4.05. The van der Waals surface area contributed by atoms with E-state index in [2.05, 4.69) is 18.7 Å². The smallest absolute Gasteiger partial charge is 0.216 e. The molecule has 7 heteroatoms. The molecule has 2 fully saturated rings. The summed E-state index contributed by atoms with van der Waals surface area (Å²) in [6.07, 6.45) is 14.2. The zero-order valence-corrected chi connectivity index (χ0v) is 33.7. The lowest BCUT2D eigenvalue weighted by atomic mass is 9.60. The number of fused-ring (bicyclic) bond motifs is 12. The van der Waals surface area contributed by atoms with Gasteiger partial charge in [-0.05, 0) is 107 Å². The van der Waals surface area contributed by atoms with Crippen LogP contribution in [0.25, 0.3) is 48.1 Å². The highest BCUT2D eigenvalue weighted by Gasteiger charge is 2.55. The Bertz CT molecular complexity index is 3100. The molecule has 284 valence electrons. The number of hydrogen-bond acceptors (Lipinski definition) is 7. The summed E-state index contributed by atoms with van der Waals surface area (Å²) in [6, 6.07) is 25.4. The number of allylic oxidation sites excluding steroid dienone is 2. The molecule has 5 aromatic carbocycles. The van der Waals surface area contributed by atoms with E-state index in [1.807, 2.05) is 84.1 Å². The molecule has 12 rings (SSSR count). The van der Waals surface area contributed by atoms with Crippen LogP contribution in [0.15, 0.2) is 111 Å². The van der Waals surface area contributed by atoms with Crippen molar-refractivity contribution in [2.24, 2.45) is 10.9 Å². The first kappa shape index (κ1) is 34.7. The maximum Gasteiger partial charge on any atom is 0.216 e. The first-order valence-corrected chi connectivity index (χ1v) is 22.4. The monoisotopic (exact) mass is 793 g/mol. The van der Waals surface area contributed by atoms with E-state index >= 15 is 0 Å². The topological polar surface area (TPSA) is 80.6 Å². The third kappa shape index (κ3) is 4.60. The van der Waals surface area contributed by atoms with E-state index in [-0.39, 0.29) is 38.6 Å². The Labute approximate surface area is 342 Å². The Kier molecular flexibility index (Phi) is 7.36. The number of ketones is 2. The van der Waals surface area contributed by atoms with Crippen LogP contribution in [-0.4, -0.2) is 11.6 Å². The van der Waals surface area contributed by atoms with Crippen molar-refractivity contribution in [3.05, 3.63) is 155 Å². The van der Waals surface area contributed by atoms with Crippen molar-refractivity contribution in [1.29, 1.82) is 0 Å². The second-order valence-electron chi connectivity index (χ2n) is 17.4. The van der Waals surface area contributed by atoms with Crippen LogP contribution in [-0.2, 0) is 10.8 Å².